The zero-order valence-corrected chi connectivity index (χ0v) is 11.9. The smallest absolute Gasteiger partial charge is 0.126 e. The van der Waals surface area contributed by atoms with Gasteiger partial charge in [-0.2, -0.15) is 0 Å². The molecule has 0 aromatic heterocycles. The molecule has 1 aliphatic carbocycles. The Morgan fingerprint density at radius 3 is 2.39 bits per heavy atom. The van der Waals surface area contributed by atoms with E-state index < -0.39 is 8.15 Å². The largest absolute Gasteiger partial charge is 0.396 e. The second-order valence-electron chi connectivity index (χ2n) is 5.29. The van der Waals surface area contributed by atoms with E-state index in [1.54, 1.807) is 0 Å². The lowest BCUT2D eigenvalue weighted by Crippen LogP contribution is -2.24. The first-order valence-electron chi connectivity index (χ1n) is 7.15. The molecule has 1 saturated carbocycles. The van der Waals surface area contributed by atoms with Crippen LogP contribution in [0.2, 0.25) is 0 Å². The number of hydrogen-bond acceptors (Lipinski definition) is 4. The summed E-state index contributed by atoms with van der Waals surface area (Å²) in [5.74, 6) is 0.0591. The van der Waals surface area contributed by atoms with Crippen LogP contribution < -0.4 is 0 Å². The van der Waals surface area contributed by atoms with E-state index in [1.807, 2.05) is 0 Å². The van der Waals surface area contributed by atoms with Gasteiger partial charge in [0, 0.05) is 11.6 Å². The average Bonchev–Trinajstić information content (AvgIpc) is 2.30. The van der Waals surface area contributed by atoms with Gasteiger partial charge in [-0.3, -0.25) is 0 Å². The van der Waals surface area contributed by atoms with Crippen molar-refractivity contribution in [2.24, 2.45) is 5.92 Å². The number of hydrogen-bond donors (Lipinski definition) is 1. The van der Waals surface area contributed by atoms with Crippen LogP contribution in [0.3, 0.4) is 0 Å². The van der Waals surface area contributed by atoms with Crippen LogP contribution in [0.1, 0.15) is 44.9 Å². The van der Waals surface area contributed by atoms with Gasteiger partial charge in [-0.25, -0.2) is 9.78 Å². The van der Waals surface area contributed by atoms with Gasteiger partial charge in [0.25, 0.3) is 0 Å². The Kier molecular flexibility index (Phi) is 6.88. The predicted octanol–water partition coefficient (Wildman–Crippen LogP) is 3.04. The molecule has 1 saturated heterocycles. The Bertz CT molecular complexity index is 219. The third kappa shape index (κ3) is 4.75. The molecule has 2 rings (SSSR count). The monoisotopic (exact) mass is 276 g/mol. The summed E-state index contributed by atoms with van der Waals surface area (Å²) in [6.07, 6.45) is 9.86. The maximum absolute atomic E-state index is 9.18. The van der Waals surface area contributed by atoms with E-state index in [9.17, 15) is 5.11 Å². The Hall–Kier alpha value is 0.270. The van der Waals surface area contributed by atoms with E-state index in [4.69, 9.17) is 14.3 Å². The number of rotatable bonds is 2. The van der Waals surface area contributed by atoms with Crippen LogP contribution >= 0.6 is 8.15 Å². The Balaban J connectivity index is 1.84. The van der Waals surface area contributed by atoms with E-state index in [-0.39, 0.29) is 12.5 Å². The molecule has 4 nitrogen and oxygen atoms in total. The maximum atomic E-state index is 9.18. The van der Waals surface area contributed by atoms with Gasteiger partial charge in [-0.15, -0.1) is 0 Å². The summed E-state index contributed by atoms with van der Waals surface area (Å²) in [7, 11) is -0.553. The van der Waals surface area contributed by atoms with Crippen molar-refractivity contribution < 1.29 is 19.4 Å². The highest BCUT2D eigenvalue weighted by Crippen LogP contribution is 2.48. The zero-order valence-electron chi connectivity index (χ0n) is 11.1. The molecule has 0 radical (unpaired) electrons. The van der Waals surface area contributed by atoms with Gasteiger partial charge in [-0.1, -0.05) is 32.1 Å². The van der Waals surface area contributed by atoms with E-state index in [0.717, 1.165) is 0 Å². The topological polar surface area (TPSA) is 47.9 Å². The first-order chi connectivity index (χ1) is 8.90. The van der Waals surface area contributed by atoms with Crippen LogP contribution in [0.4, 0.5) is 0 Å². The highest BCUT2D eigenvalue weighted by molar-refractivity contribution is 7.53. The fourth-order valence-electron chi connectivity index (χ4n) is 2.56. The molecule has 1 aliphatic heterocycles. The third-order valence-electron chi connectivity index (χ3n) is 3.78. The molecule has 0 spiro atoms. The number of aliphatic hydroxyl groups excluding tert-OH is 1. The molecule has 2 atom stereocenters. The average molecular weight is 276 g/mol. The van der Waals surface area contributed by atoms with Crippen molar-refractivity contribution in [2.75, 3.05) is 26.2 Å². The molecule has 0 bridgehead atoms. The molecule has 2 aliphatic rings. The van der Waals surface area contributed by atoms with Gasteiger partial charge in [0.15, 0.2) is 0 Å². The Morgan fingerprint density at radius 1 is 0.944 bits per heavy atom. The minimum atomic E-state index is -0.553. The van der Waals surface area contributed by atoms with Gasteiger partial charge in [0.05, 0.1) is 28.0 Å². The van der Waals surface area contributed by atoms with Crippen LogP contribution in [0, 0.1) is 5.92 Å². The first kappa shape index (κ1) is 14.7. The highest BCUT2D eigenvalue weighted by Gasteiger charge is 2.26. The van der Waals surface area contributed by atoms with Gasteiger partial charge in [0.1, 0.15) is 6.35 Å². The van der Waals surface area contributed by atoms with Gasteiger partial charge >= 0.3 is 0 Å². The van der Waals surface area contributed by atoms with Crippen LogP contribution in [0.5, 0.6) is 0 Å². The van der Waals surface area contributed by atoms with E-state index in [0.29, 0.717) is 25.2 Å². The molecule has 1 N–H and O–H groups in total. The maximum Gasteiger partial charge on any atom is 0.126 e. The molecule has 106 valence electrons. The fourth-order valence-corrected chi connectivity index (χ4v) is 4.58. The summed E-state index contributed by atoms with van der Waals surface area (Å²) < 4.78 is 6.02. The molecule has 2 fully saturated rings. The second kappa shape index (κ2) is 8.44. The molecular formula is C13H25O4P. The first-order valence-corrected chi connectivity index (χ1v) is 8.66. The van der Waals surface area contributed by atoms with Crippen LogP contribution in [-0.4, -0.2) is 36.9 Å². The molecular weight excluding hydrogens is 251 g/mol. The van der Waals surface area contributed by atoms with Crippen LogP contribution in [0.25, 0.3) is 0 Å². The lowest BCUT2D eigenvalue weighted by molar-refractivity contribution is -0.293. The summed E-state index contributed by atoms with van der Waals surface area (Å²) in [5.41, 5.74) is 0.654. The number of aliphatic hydroxyl groups is 1. The highest BCUT2D eigenvalue weighted by atomic mass is 31.1. The lowest BCUT2D eigenvalue weighted by atomic mass is 10.0. The Morgan fingerprint density at radius 2 is 1.67 bits per heavy atom. The van der Waals surface area contributed by atoms with E-state index in [1.165, 1.54) is 44.9 Å². The van der Waals surface area contributed by atoms with Crippen molar-refractivity contribution in [3.63, 3.8) is 0 Å². The minimum Gasteiger partial charge on any atom is -0.396 e. The van der Waals surface area contributed by atoms with Crippen molar-refractivity contribution in [1.82, 2.24) is 0 Å². The van der Waals surface area contributed by atoms with E-state index in [2.05, 4.69) is 0 Å². The predicted molar refractivity (Wildman–Crippen MR) is 71.5 cm³/mol. The normalized spacial score (nSPS) is 33.2. The quantitative estimate of drug-likeness (QED) is 0.622. The van der Waals surface area contributed by atoms with Crippen LogP contribution in [0.15, 0.2) is 0 Å². The second-order valence-corrected chi connectivity index (χ2v) is 7.37. The van der Waals surface area contributed by atoms with Crippen molar-refractivity contribution in [3.05, 3.63) is 0 Å². The molecule has 18 heavy (non-hydrogen) atoms. The molecule has 2 unspecified atom stereocenters. The lowest BCUT2D eigenvalue weighted by Gasteiger charge is -2.31. The summed E-state index contributed by atoms with van der Waals surface area (Å²) in [5, 5.41) is 9.18. The SMILES string of the molecule is OCC1COOCP(C2CCCCCCC2)OC1. The molecule has 5 heteroatoms. The van der Waals surface area contributed by atoms with E-state index >= 15 is 0 Å². The van der Waals surface area contributed by atoms with Gasteiger partial charge in [-0.05, 0) is 12.8 Å². The fraction of sp³-hybridized carbons (Fsp3) is 1.00. The third-order valence-corrected chi connectivity index (χ3v) is 5.95. The van der Waals surface area contributed by atoms with Crippen molar-refractivity contribution in [1.29, 1.82) is 0 Å². The summed E-state index contributed by atoms with van der Waals surface area (Å²) in [4.78, 5) is 10.4. The minimum absolute atomic E-state index is 0.0591. The molecule has 0 amide bonds. The van der Waals surface area contributed by atoms with Crippen molar-refractivity contribution >= 4 is 8.15 Å². The van der Waals surface area contributed by atoms with Crippen molar-refractivity contribution in [2.45, 2.75) is 50.6 Å². The Labute approximate surface area is 111 Å². The van der Waals surface area contributed by atoms with Crippen molar-refractivity contribution in [3.8, 4) is 0 Å². The standard InChI is InChI=1S/C13H25O4P/c14-8-12-9-15-16-11-18(17-10-12)13-6-4-2-1-3-5-7-13/h12-14H,1-11H2. The van der Waals surface area contributed by atoms with Crippen LogP contribution in [-0.2, 0) is 14.3 Å². The summed E-state index contributed by atoms with van der Waals surface area (Å²) in [6.45, 7) is 1.16. The molecule has 0 aromatic carbocycles. The summed E-state index contributed by atoms with van der Waals surface area (Å²) in [6, 6.07) is 0. The summed E-state index contributed by atoms with van der Waals surface area (Å²) >= 11 is 0. The zero-order chi connectivity index (χ0) is 12.6. The van der Waals surface area contributed by atoms with Gasteiger partial charge < -0.3 is 9.63 Å². The molecule has 0 aromatic rings. The van der Waals surface area contributed by atoms with Gasteiger partial charge in [0.2, 0.25) is 0 Å². The molecule has 1 heterocycles.